The van der Waals surface area contributed by atoms with Crippen LogP contribution in [0.2, 0.25) is 0 Å². The molecule has 0 aliphatic heterocycles. The predicted octanol–water partition coefficient (Wildman–Crippen LogP) is 2.92. The normalized spacial score (nSPS) is 12.6. The Labute approximate surface area is 141 Å². The monoisotopic (exact) mass is 416 g/mol. The van der Waals surface area contributed by atoms with Gasteiger partial charge in [-0.15, -0.1) is 0 Å². The molecule has 2 rings (SSSR count). The molecule has 0 aliphatic rings. The third-order valence-corrected chi connectivity index (χ3v) is 5.01. The highest BCUT2D eigenvalue weighted by Crippen LogP contribution is 2.33. The number of nitrogens with one attached hydrogen (secondary N) is 1. The standard InChI is InChI=1S/C14H18Br2N4O/c1-9-4-3-5-10(12(9)16)13(19-17)14-11(15)8-18-20(14)6-7-21-2/h3-5,8,13,19H,6-7,17H2,1-2H3. The molecule has 1 heterocycles. The lowest BCUT2D eigenvalue weighted by Gasteiger charge is -2.21. The zero-order chi connectivity index (χ0) is 15.4. The van der Waals surface area contributed by atoms with E-state index in [-0.39, 0.29) is 6.04 Å². The van der Waals surface area contributed by atoms with Crippen molar-refractivity contribution in [3.8, 4) is 0 Å². The molecule has 3 N–H and O–H groups in total. The van der Waals surface area contributed by atoms with Gasteiger partial charge in [0, 0.05) is 11.6 Å². The van der Waals surface area contributed by atoms with Crippen molar-refractivity contribution in [2.75, 3.05) is 13.7 Å². The first-order valence-corrected chi connectivity index (χ1v) is 8.10. The van der Waals surface area contributed by atoms with Crippen molar-refractivity contribution < 1.29 is 4.74 Å². The lowest BCUT2D eigenvalue weighted by Crippen LogP contribution is -2.31. The third kappa shape index (κ3) is 3.54. The molecule has 0 radical (unpaired) electrons. The van der Waals surface area contributed by atoms with E-state index in [4.69, 9.17) is 10.6 Å². The number of ether oxygens (including phenoxy) is 1. The molecule has 0 bridgehead atoms. The summed E-state index contributed by atoms with van der Waals surface area (Å²) in [6.45, 7) is 3.31. The summed E-state index contributed by atoms with van der Waals surface area (Å²) >= 11 is 7.20. The highest BCUT2D eigenvalue weighted by Gasteiger charge is 2.23. The van der Waals surface area contributed by atoms with Crippen molar-refractivity contribution in [3.05, 3.63) is 50.2 Å². The molecule has 1 aromatic heterocycles. The molecular weight excluding hydrogens is 400 g/mol. The van der Waals surface area contributed by atoms with Gasteiger partial charge in [-0.3, -0.25) is 10.5 Å². The van der Waals surface area contributed by atoms with Gasteiger partial charge in [0.2, 0.25) is 0 Å². The molecule has 0 saturated heterocycles. The van der Waals surface area contributed by atoms with Crippen molar-refractivity contribution >= 4 is 31.9 Å². The van der Waals surface area contributed by atoms with Crippen molar-refractivity contribution in [3.63, 3.8) is 0 Å². The minimum absolute atomic E-state index is 0.173. The van der Waals surface area contributed by atoms with Crippen molar-refractivity contribution in [1.29, 1.82) is 0 Å². The second-order valence-electron chi connectivity index (χ2n) is 4.67. The minimum Gasteiger partial charge on any atom is -0.383 e. The Balaban J connectivity index is 2.46. The van der Waals surface area contributed by atoms with E-state index in [1.54, 1.807) is 13.3 Å². The summed E-state index contributed by atoms with van der Waals surface area (Å²) in [5.41, 5.74) is 6.08. The summed E-state index contributed by atoms with van der Waals surface area (Å²) in [5.74, 6) is 5.82. The number of benzene rings is 1. The fourth-order valence-corrected chi connectivity index (χ4v) is 3.24. The molecule has 0 fully saturated rings. The van der Waals surface area contributed by atoms with Gasteiger partial charge in [0.15, 0.2) is 0 Å². The van der Waals surface area contributed by atoms with Crippen LogP contribution < -0.4 is 11.3 Å². The van der Waals surface area contributed by atoms with Gasteiger partial charge in [0.1, 0.15) is 0 Å². The number of halogens is 2. The van der Waals surface area contributed by atoms with E-state index in [9.17, 15) is 0 Å². The smallest absolute Gasteiger partial charge is 0.0900 e. The predicted molar refractivity (Wildman–Crippen MR) is 89.8 cm³/mol. The van der Waals surface area contributed by atoms with Crippen LogP contribution >= 0.6 is 31.9 Å². The average Bonchev–Trinajstić information content (AvgIpc) is 2.83. The molecule has 5 nitrogen and oxygen atoms in total. The maximum absolute atomic E-state index is 5.82. The third-order valence-electron chi connectivity index (χ3n) is 3.31. The molecule has 7 heteroatoms. The highest BCUT2D eigenvalue weighted by atomic mass is 79.9. The maximum Gasteiger partial charge on any atom is 0.0900 e. The average molecular weight is 418 g/mol. The molecule has 114 valence electrons. The Hall–Kier alpha value is -0.730. The van der Waals surface area contributed by atoms with Crippen molar-refractivity contribution in [2.45, 2.75) is 19.5 Å². The zero-order valence-corrected chi connectivity index (χ0v) is 15.1. The second kappa shape index (κ2) is 7.51. The Morgan fingerprint density at radius 3 is 2.86 bits per heavy atom. The summed E-state index contributed by atoms with van der Waals surface area (Å²) in [6, 6.07) is 5.94. The first-order valence-electron chi connectivity index (χ1n) is 6.51. The molecule has 0 saturated carbocycles. The van der Waals surface area contributed by atoms with Gasteiger partial charge in [-0.2, -0.15) is 5.10 Å². The highest BCUT2D eigenvalue weighted by molar-refractivity contribution is 9.10. The number of nitrogens with two attached hydrogens (primary N) is 1. The number of hydrogen-bond acceptors (Lipinski definition) is 4. The van der Waals surface area contributed by atoms with Gasteiger partial charge in [0.25, 0.3) is 0 Å². The summed E-state index contributed by atoms with van der Waals surface area (Å²) in [4.78, 5) is 0. The molecule has 2 aromatic rings. The minimum atomic E-state index is -0.173. The lowest BCUT2D eigenvalue weighted by molar-refractivity contribution is 0.182. The van der Waals surface area contributed by atoms with Crippen LogP contribution in [0, 0.1) is 6.92 Å². The van der Waals surface area contributed by atoms with E-state index in [0.29, 0.717) is 13.2 Å². The van der Waals surface area contributed by atoms with E-state index in [2.05, 4.69) is 55.4 Å². The molecule has 0 aliphatic carbocycles. The number of rotatable bonds is 6. The molecule has 21 heavy (non-hydrogen) atoms. The molecule has 1 atom stereocenters. The van der Waals surface area contributed by atoms with Crippen LogP contribution in [0.25, 0.3) is 0 Å². The van der Waals surface area contributed by atoms with Crippen molar-refractivity contribution in [1.82, 2.24) is 15.2 Å². The first kappa shape index (κ1) is 16.6. The van der Waals surface area contributed by atoms with Crippen LogP contribution in [0.4, 0.5) is 0 Å². The van der Waals surface area contributed by atoms with Crippen LogP contribution in [-0.4, -0.2) is 23.5 Å². The topological polar surface area (TPSA) is 65.1 Å². The van der Waals surface area contributed by atoms with Gasteiger partial charge < -0.3 is 4.74 Å². The van der Waals surface area contributed by atoms with Crippen molar-refractivity contribution in [2.24, 2.45) is 5.84 Å². The lowest BCUT2D eigenvalue weighted by atomic mass is 10.0. The van der Waals surface area contributed by atoms with Crippen LogP contribution in [-0.2, 0) is 11.3 Å². The van der Waals surface area contributed by atoms with E-state index >= 15 is 0 Å². The Bertz CT molecular complexity index is 615. The summed E-state index contributed by atoms with van der Waals surface area (Å²) < 4.78 is 8.98. The van der Waals surface area contributed by atoms with Gasteiger partial charge in [-0.05, 0) is 34.0 Å². The number of hydrazine groups is 1. The van der Waals surface area contributed by atoms with Crippen LogP contribution in [0.1, 0.15) is 22.9 Å². The maximum atomic E-state index is 5.82. The summed E-state index contributed by atoms with van der Waals surface area (Å²) in [5, 5.41) is 4.38. The molecule has 0 amide bonds. The van der Waals surface area contributed by atoms with Gasteiger partial charge in [0.05, 0.1) is 35.6 Å². The van der Waals surface area contributed by atoms with Crippen LogP contribution in [0.5, 0.6) is 0 Å². The molecule has 1 aromatic carbocycles. The number of hydrogen-bond donors (Lipinski definition) is 2. The molecular formula is C14H18Br2N4O. The SMILES string of the molecule is COCCn1ncc(Br)c1C(NN)c1cccc(C)c1Br. The van der Waals surface area contributed by atoms with E-state index in [0.717, 1.165) is 25.8 Å². The Morgan fingerprint density at radius 2 is 2.19 bits per heavy atom. The molecule has 1 unspecified atom stereocenters. The van der Waals surface area contributed by atoms with Gasteiger partial charge in [-0.25, -0.2) is 5.43 Å². The fraction of sp³-hybridized carbons (Fsp3) is 0.357. The zero-order valence-electron chi connectivity index (χ0n) is 11.9. The first-order chi connectivity index (χ1) is 10.1. The van der Waals surface area contributed by atoms with E-state index in [1.165, 1.54) is 0 Å². The van der Waals surface area contributed by atoms with Gasteiger partial charge in [-0.1, -0.05) is 34.1 Å². The largest absolute Gasteiger partial charge is 0.383 e. The Morgan fingerprint density at radius 1 is 1.43 bits per heavy atom. The summed E-state index contributed by atoms with van der Waals surface area (Å²) in [6.07, 6.45) is 1.78. The van der Waals surface area contributed by atoms with Gasteiger partial charge >= 0.3 is 0 Å². The Kier molecular flexibility index (Phi) is 5.95. The number of methoxy groups -OCH3 is 1. The fourth-order valence-electron chi connectivity index (χ4n) is 2.22. The number of nitrogens with zero attached hydrogens (tertiary/aromatic N) is 2. The van der Waals surface area contributed by atoms with E-state index < -0.39 is 0 Å². The quantitative estimate of drug-likeness (QED) is 0.560. The second-order valence-corrected chi connectivity index (χ2v) is 6.32. The number of aromatic nitrogens is 2. The molecule has 0 spiro atoms. The summed E-state index contributed by atoms with van der Waals surface area (Å²) in [7, 11) is 1.67. The van der Waals surface area contributed by atoms with Crippen LogP contribution in [0.3, 0.4) is 0 Å². The van der Waals surface area contributed by atoms with Crippen LogP contribution in [0.15, 0.2) is 33.3 Å². The van der Waals surface area contributed by atoms with E-state index in [1.807, 2.05) is 16.8 Å². The number of aryl methyl sites for hydroxylation is 1.